The van der Waals surface area contributed by atoms with Gasteiger partial charge in [0.25, 0.3) is 5.91 Å². The fourth-order valence-corrected chi connectivity index (χ4v) is 4.16. The van der Waals surface area contributed by atoms with E-state index < -0.39 is 11.7 Å². The van der Waals surface area contributed by atoms with Gasteiger partial charge in [-0.15, -0.1) is 0 Å². The number of carbonyl (C=O) groups excluding carboxylic acids is 1. The maximum absolute atomic E-state index is 15.7. The zero-order valence-electron chi connectivity index (χ0n) is 18.8. The second kappa shape index (κ2) is 9.91. The Kier molecular flexibility index (Phi) is 6.74. The van der Waals surface area contributed by atoms with E-state index in [0.29, 0.717) is 54.9 Å². The van der Waals surface area contributed by atoms with Crippen molar-refractivity contribution < 1.29 is 23.5 Å². The molecule has 2 aromatic carbocycles. The predicted molar refractivity (Wildman–Crippen MR) is 129 cm³/mol. The van der Waals surface area contributed by atoms with Crippen LogP contribution in [0.15, 0.2) is 30.6 Å². The van der Waals surface area contributed by atoms with Crippen molar-refractivity contribution in [1.82, 2.24) is 15.0 Å². The Labute approximate surface area is 202 Å². The van der Waals surface area contributed by atoms with E-state index >= 15 is 4.39 Å². The van der Waals surface area contributed by atoms with Crippen LogP contribution in [-0.2, 0) is 20.9 Å². The van der Waals surface area contributed by atoms with Crippen LogP contribution in [-0.4, -0.2) is 49.4 Å². The van der Waals surface area contributed by atoms with Crippen molar-refractivity contribution in [3.63, 3.8) is 0 Å². The van der Waals surface area contributed by atoms with Crippen molar-refractivity contribution in [3.8, 4) is 0 Å². The zero-order valence-corrected chi connectivity index (χ0v) is 19.5. The van der Waals surface area contributed by atoms with Crippen molar-refractivity contribution in [2.45, 2.75) is 32.1 Å². The van der Waals surface area contributed by atoms with E-state index in [2.05, 4.69) is 15.8 Å². The largest absolute Gasteiger partial charge is 0.351 e. The fraction of sp³-hybridized carbons (Fsp3) is 0.391. The van der Waals surface area contributed by atoms with Crippen LogP contribution in [0.25, 0.3) is 11.0 Å². The number of ether oxygens (including phenoxy) is 2. The lowest BCUT2D eigenvalue weighted by molar-refractivity contribution is -0.0489. The van der Waals surface area contributed by atoms with Crippen molar-refractivity contribution in [2.75, 3.05) is 25.1 Å². The number of fused-ring (bicyclic) bond motifs is 1. The average Bonchev–Trinajstić information content (AvgIpc) is 3.31. The highest BCUT2D eigenvalue weighted by atomic mass is 35.5. The van der Waals surface area contributed by atoms with Gasteiger partial charge in [0, 0.05) is 13.0 Å². The maximum Gasteiger partial charge on any atom is 0.277 e. The highest BCUT2D eigenvalue weighted by Crippen LogP contribution is 2.33. The first-order valence-electron chi connectivity index (χ1n) is 11.4. The number of benzene rings is 2. The zero-order chi connectivity index (χ0) is 23.7. The molecule has 0 unspecified atom stereocenters. The number of imidazole rings is 1. The predicted octanol–water partition coefficient (Wildman–Crippen LogP) is 2.67. The summed E-state index contributed by atoms with van der Waals surface area (Å²) in [6.45, 7) is 2.05. The normalized spacial score (nSPS) is 16.3. The number of hydroxylamine groups is 1. The molecule has 34 heavy (non-hydrogen) atoms. The van der Waals surface area contributed by atoms with Gasteiger partial charge in [0.2, 0.25) is 0 Å². The minimum Gasteiger partial charge on any atom is -0.351 e. The Hall–Kier alpha value is -2.66. The lowest BCUT2D eigenvalue weighted by Crippen LogP contribution is -2.26. The van der Waals surface area contributed by atoms with Gasteiger partial charge in [-0.3, -0.25) is 9.63 Å². The van der Waals surface area contributed by atoms with Crippen molar-refractivity contribution >= 4 is 53.2 Å². The van der Waals surface area contributed by atoms with Gasteiger partial charge in [0.05, 0.1) is 53.6 Å². The highest BCUT2D eigenvalue weighted by molar-refractivity contribution is 6.37. The quantitative estimate of drug-likeness (QED) is 0.357. The van der Waals surface area contributed by atoms with E-state index in [1.807, 2.05) is 13.9 Å². The molecule has 2 aliphatic rings. The molecule has 2 fully saturated rings. The Morgan fingerprint density at radius 2 is 2.09 bits per heavy atom. The molecule has 2 N–H and O–H groups in total. The Morgan fingerprint density at radius 3 is 2.82 bits per heavy atom. The molecule has 1 aliphatic heterocycles. The summed E-state index contributed by atoms with van der Waals surface area (Å²) >= 11 is 6.36. The van der Waals surface area contributed by atoms with Crippen LogP contribution in [0.5, 0.6) is 0 Å². The molecular weight excluding hydrogens is 462 g/mol. The number of rotatable bonds is 9. The molecule has 178 valence electrons. The van der Waals surface area contributed by atoms with Crippen molar-refractivity contribution in [2.24, 2.45) is 5.92 Å². The first-order valence-corrected chi connectivity index (χ1v) is 11.7. The first-order chi connectivity index (χ1) is 16.5. The van der Waals surface area contributed by atoms with E-state index in [9.17, 15) is 4.79 Å². The van der Waals surface area contributed by atoms with Gasteiger partial charge in [0.1, 0.15) is 13.4 Å². The van der Waals surface area contributed by atoms with Crippen LogP contribution in [0.1, 0.15) is 29.6 Å². The van der Waals surface area contributed by atoms with Crippen LogP contribution in [0, 0.1) is 11.7 Å². The standard InChI is InChI=1S/C23H25BClFN4O4/c24-14-3-4-17(16(25)9-14)28-21-15(23(31)29-34-11-13-1-2-13)10-18-22(20(21)26)27-12-30(18)6-5-19-32-7-8-33-19/h3-4,9-10,12-13,19,28H,1-2,5-8,11,24H2,(H,29,31). The number of nitrogens with one attached hydrogen (secondary N) is 2. The number of aromatic nitrogens is 2. The summed E-state index contributed by atoms with van der Waals surface area (Å²) in [5.74, 6) is -0.735. The topological polar surface area (TPSA) is 86.6 Å². The summed E-state index contributed by atoms with van der Waals surface area (Å²) in [6, 6.07) is 6.97. The third-order valence-electron chi connectivity index (χ3n) is 5.96. The van der Waals surface area contributed by atoms with E-state index in [1.165, 1.54) is 0 Å². The molecule has 1 aromatic heterocycles. The number of aryl methyl sites for hydroxylation is 1. The summed E-state index contributed by atoms with van der Waals surface area (Å²) < 4.78 is 28.5. The van der Waals surface area contributed by atoms with Gasteiger partial charge in [-0.2, -0.15) is 0 Å². The first kappa shape index (κ1) is 23.1. The van der Waals surface area contributed by atoms with Crippen LogP contribution in [0.4, 0.5) is 15.8 Å². The molecule has 0 radical (unpaired) electrons. The molecule has 8 nitrogen and oxygen atoms in total. The van der Waals surface area contributed by atoms with Gasteiger partial charge in [-0.1, -0.05) is 23.1 Å². The van der Waals surface area contributed by atoms with Crippen LogP contribution >= 0.6 is 11.6 Å². The molecule has 0 spiro atoms. The average molecular weight is 487 g/mol. The highest BCUT2D eigenvalue weighted by Gasteiger charge is 2.25. The monoisotopic (exact) mass is 486 g/mol. The number of hydrogen-bond donors (Lipinski definition) is 2. The smallest absolute Gasteiger partial charge is 0.277 e. The minimum absolute atomic E-state index is 0.0153. The number of halogens is 2. The van der Waals surface area contributed by atoms with Crippen LogP contribution in [0.3, 0.4) is 0 Å². The lowest BCUT2D eigenvalue weighted by Gasteiger charge is -2.16. The van der Waals surface area contributed by atoms with E-state index in [-0.39, 0.29) is 23.1 Å². The maximum atomic E-state index is 15.7. The molecule has 1 amide bonds. The fourth-order valence-electron chi connectivity index (χ4n) is 3.88. The Bertz CT molecular complexity index is 1210. The van der Waals surface area contributed by atoms with Crippen molar-refractivity contribution in [3.05, 3.63) is 47.0 Å². The molecule has 1 aliphatic carbocycles. The summed E-state index contributed by atoms with van der Waals surface area (Å²) in [4.78, 5) is 22.7. The number of hydrogen-bond acceptors (Lipinski definition) is 6. The van der Waals surface area contributed by atoms with E-state index in [0.717, 1.165) is 18.3 Å². The molecule has 3 aromatic rings. The molecular formula is C23H25BClFN4O4. The minimum atomic E-state index is -0.645. The number of amides is 1. The van der Waals surface area contributed by atoms with Crippen molar-refractivity contribution in [1.29, 1.82) is 0 Å². The van der Waals surface area contributed by atoms with Gasteiger partial charge in [0.15, 0.2) is 12.1 Å². The molecule has 1 saturated heterocycles. The third-order valence-corrected chi connectivity index (χ3v) is 6.28. The summed E-state index contributed by atoms with van der Waals surface area (Å²) in [5, 5.41) is 3.41. The van der Waals surface area contributed by atoms with Gasteiger partial charge in [-0.25, -0.2) is 14.9 Å². The molecule has 5 rings (SSSR count). The summed E-state index contributed by atoms with van der Waals surface area (Å²) in [6.07, 6.45) is 4.01. The summed E-state index contributed by atoms with van der Waals surface area (Å²) in [7, 11) is 1.91. The second-order valence-corrected chi connectivity index (χ2v) is 9.08. The molecule has 0 atom stereocenters. The SMILES string of the molecule is Bc1ccc(Nc2c(C(=O)NOCC3CC3)cc3c(ncn3CCC3OCCO3)c2F)c(Cl)c1. The molecule has 1 saturated carbocycles. The van der Waals surface area contributed by atoms with E-state index in [1.54, 1.807) is 29.1 Å². The van der Waals surface area contributed by atoms with Gasteiger partial charge in [-0.05, 0) is 37.0 Å². The number of nitrogens with zero attached hydrogens (tertiary/aromatic N) is 2. The van der Waals surface area contributed by atoms with Crippen LogP contribution < -0.4 is 16.3 Å². The van der Waals surface area contributed by atoms with Crippen LogP contribution in [0.2, 0.25) is 5.02 Å². The van der Waals surface area contributed by atoms with E-state index in [4.69, 9.17) is 25.9 Å². The molecule has 2 heterocycles. The third kappa shape index (κ3) is 5.05. The summed E-state index contributed by atoms with van der Waals surface area (Å²) in [5.41, 5.74) is 4.61. The Balaban J connectivity index is 1.48. The Morgan fingerprint density at radius 1 is 1.29 bits per heavy atom. The van der Waals surface area contributed by atoms with Gasteiger partial charge >= 0.3 is 0 Å². The second-order valence-electron chi connectivity index (χ2n) is 8.67. The van der Waals surface area contributed by atoms with Gasteiger partial charge < -0.3 is 19.4 Å². The lowest BCUT2D eigenvalue weighted by atomic mass is 9.96. The molecule has 11 heteroatoms. The number of carbonyl (C=O) groups is 1. The number of anilines is 2. The molecule has 0 bridgehead atoms.